The summed E-state index contributed by atoms with van der Waals surface area (Å²) in [5.74, 6) is -1.38. The Morgan fingerprint density at radius 2 is 2.18 bits per heavy atom. The molecular formula is C6H9NO3S. The van der Waals surface area contributed by atoms with Gasteiger partial charge in [-0.15, -0.1) is 0 Å². The van der Waals surface area contributed by atoms with Crippen molar-refractivity contribution >= 4 is 16.8 Å². The van der Waals surface area contributed by atoms with E-state index < -0.39 is 21.5 Å². The minimum atomic E-state index is -1.62. The molecule has 1 atom stereocenters. The van der Waals surface area contributed by atoms with Crippen molar-refractivity contribution in [2.24, 2.45) is 0 Å². The van der Waals surface area contributed by atoms with E-state index in [9.17, 15) is 9.00 Å². The van der Waals surface area contributed by atoms with Gasteiger partial charge in [-0.05, 0) is 13.8 Å². The largest absolute Gasteiger partial charge is 0.480 e. The smallest absolute Gasteiger partial charge is 0.321 e. The first kappa shape index (κ1) is 10.1. The zero-order valence-corrected chi connectivity index (χ0v) is 7.14. The molecule has 0 heterocycles. The van der Waals surface area contributed by atoms with Crippen LogP contribution in [-0.2, 0) is 15.6 Å². The van der Waals surface area contributed by atoms with Gasteiger partial charge in [-0.3, -0.25) is 9.00 Å². The highest BCUT2D eigenvalue weighted by atomic mass is 32.2. The van der Waals surface area contributed by atoms with Crippen molar-refractivity contribution < 1.29 is 14.1 Å². The van der Waals surface area contributed by atoms with Crippen molar-refractivity contribution in [3.8, 4) is 6.07 Å². The Morgan fingerprint density at radius 1 is 1.73 bits per heavy atom. The number of carboxylic acid groups (broad SMARTS) is 1. The Morgan fingerprint density at radius 3 is 2.45 bits per heavy atom. The van der Waals surface area contributed by atoms with E-state index in [0.29, 0.717) is 0 Å². The highest BCUT2D eigenvalue weighted by molar-refractivity contribution is 7.87. The molecule has 4 nitrogen and oxygen atoms in total. The van der Waals surface area contributed by atoms with Crippen LogP contribution in [0.3, 0.4) is 0 Å². The monoisotopic (exact) mass is 175 g/mol. The van der Waals surface area contributed by atoms with E-state index in [1.165, 1.54) is 13.8 Å². The fourth-order valence-corrected chi connectivity index (χ4v) is 1.01. The maximum absolute atomic E-state index is 11.0. The first-order valence-electron chi connectivity index (χ1n) is 2.91. The number of nitriles is 1. The zero-order valence-electron chi connectivity index (χ0n) is 6.33. The van der Waals surface area contributed by atoms with Gasteiger partial charge in [-0.25, -0.2) is 0 Å². The van der Waals surface area contributed by atoms with Crippen molar-refractivity contribution in [1.82, 2.24) is 0 Å². The normalized spacial score (nSPS) is 13.5. The van der Waals surface area contributed by atoms with Gasteiger partial charge in [0.2, 0.25) is 0 Å². The van der Waals surface area contributed by atoms with E-state index in [-0.39, 0.29) is 5.75 Å². The van der Waals surface area contributed by atoms with Crippen LogP contribution in [0.25, 0.3) is 0 Å². The van der Waals surface area contributed by atoms with E-state index in [4.69, 9.17) is 10.4 Å². The minimum Gasteiger partial charge on any atom is -0.480 e. The Kier molecular flexibility index (Phi) is 3.20. The van der Waals surface area contributed by atoms with Gasteiger partial charge in [-0.2, -0.15) is 5.26 Å². The first-order valence-corrected chi connectivity index (χ1v) is 4.23. The average Bonchev–Trinajstić information content (AvgIpc) is 1.88. The summed E-state index contributed by atoms with van der Waals surface area (Å²) in [5.41, 5.74) is 0. The van der Waals surface area contributed by atoms with Crippen LogP contribution in [-0.4, -0.2) is 25.8 Å². The second kappa shape index (κ2) is 3.49. The van der Waals surface area contributed by atoms with E-state index in [1.54, 1.807) is 6.07 Å². The molecule has 0 radical (unpaired) electrons. The van der Waals surface area contributed by atoms with Gasteiger partial charge >= 0.3 is 5.97 Å². The molecule has 0 aliphatic heterocycles. The fourth-order valence-electron chi connectivity index (χ4n) is 0.336. The molecule has 0 saturated heterocycles. The van der Waals surface area contributed by atoms with Crippen molar-refractivity contribution in [3.05, 3.63) is 0 Å². The highest BCUT2D eigenvalue weighted by Crippen LogP contribution is 2.12. The molecule has 0 aromatic carbocycles. The molecule has 1 unspecified atom stereocenters. The van der Waals surface area contributed by atoms with Gasteiger partial charge in [-0.1, -0.05) is 0 Å². The van der Waals surface area contributed by atoms with Gasteiger partial charge in [0, 0.05) is 0 Å². The SMILES string of the molecule is CC(C)(C(=O)O)S(=O)CC#N. The molecule has 0 fully saturated rings. The average molecular weight is 175 g/mol. The number of hydrogen-bond donors (Lipinski definition) is 1. The van der Waals surface area contributed by atoms with Crippen LogP contribution in [0.4, 0.5) is 0 Å². The van der Waals surface area contributed by atoms with Crippen LogP contribution in [0.5, 0.6) is 0 Å². The minimum absolute atomic E-state index is 0.237. The lowest BCUT2D eigenvalue weighted by Gasteiger charge is -2.15. The maximum atomic E-state index is 11.0. The van der Waals surface area contributed by atoms with Gasteiger partial charge in [0.15, 0.2) is 0 Å². The number of carboxylic acids is 1. The van der Waals surface area contributed by atoms with Gasteiger partial charge in [0.1, 0.15) is 10.5 Å². The molecule has 0 aliphatic rings. The Bertz CT molecular complexity index is 228. The molecule has 0 saturated carbocycles. The maximum Gasteiger partial charge on any atom is 0.321 e. The second-order valence-electron chi connectivity index (χ2n) is 2.46. The van der Waals surface area contributed by atoms with Gasteiger partial charge in [0.25, 0.3) is 0 Å². The molecule has 0 bridgehead atoms. The van der Waals surface area contributed by atoms with Gasteiger partial charge in [0.05, 0.1) is 16.9 Å². The molecule has 0 spiro atoms. The zero-order chi connectivity index (χ0) is 9.07. The van der Waals surface area contributed by atoms with Crippen LogP contribution in [0, 0.1) is 11.3 Å². The molecule has 0 aliphatic carbocycles. The second-order valence-corrected chi connectivity index (χ2v) is 4.46. The van der Waals surface area contributed by atoms with Crippen LogP contribution >= 0.6 is 0 Å². The van der Waals surface area contributed by atoms with Crippen LogP contribution in [0.2, 0.25) is 0 Å². The summed E-state index contributed by atoms with van der Waals surface area (Å²) in [7, 11) is -1.62. The van der Waals surface area contributed by atoms with E-state index >= 15 is 0 Å². The number of aliphatic carboxylic acids is 1. The predicted octanol–water partition coefficient (Wildman–Crippen LogP) is 0.122. The lowest BCUT2D eigenvalue weighted by atomic mass is 10.2. The number of hydrogen-bond acceptors (Lipinski definition) is 3. The predicted molar refractivity (Wildman–Crippen MR) is 40.3 cm³/mol. The van der Waals surface area contributed by atoms with E-state index in [1.807, 2.05) is 0 Å². The first-order chi connectivity index (χ1) is 4.92. The molecule has 0 rings (SSSR count). The molecule has 0 aromatic heterocycles. The fraction of sp³-hybridized carbons (Fsp3) is 0.667. The third-order valence-corrected chi connectivity index (χ3v) is 2.98. The molecule has 62 valence electrons. The number of nitrogens with zero attached hydrogens (tertiary/aromatic N) is 1. The van der Waals surface area contributed by atoms with Crippen molar-refractivity contribution in [2.75, 3.05) is 5.75 Å². The van der Waals surface area contributed by atoms with Crippen LogP contribution < -0.4 is 0 Å². The molecule has 0 amide bonds. The summed E-state index contributed by atoms with van der Waals surface area (Å²) in [6.07, 6.45) is 0. The number of carbonyl (C=O) groups is 1. The number of rotatable bonds is 3. The molecule has 5 heteroatoms. The third-order valence-electron chi connectivity index (χ3n) is 1.28. The summed E-state index contributed by atoms with van der Waals surface area (Å²) in [5, 5.41) is 16.7. The summed E-state index contributed by atoms with van der Waals surface area (Å²) in [6, 6.07) is 1.66. The Hall–Kier alpha value is -0.890. The lowest BCUT2D eigenvalue weighted by Crippen LogP contribution is -2.37. The van der Waals surface area contributed by atoms with Crippen LogP contribution in [0.1, 0.15) is 13.8 Å². The molecule has 0 aromatic rings. The summed E-state index contributed by atoms with van der Waals surface area (Å²) in [6.45, 7) is 2.67. The standard InChI is InChI=1S/C6H9NO3S/c1-6(2,5(8)9)11(10)4-3-7/h4H2,1-2H3,(H,8,9). The summed E-state index contributed by atoms with van der Waals surface area (Å²) in [4.78, 5) is 10.4. The van der Waals surface area contributed by atoms with Crippen LogP contribution in [0.15, 0.2) is 0 Å². The van der Waals surface area contributed by atoms with Gasteiger partial charge < -0.3 is 5.11 Å². The molecular weight excluding hydrogens is 166 g/mol. The summed E-state index contributed by atoms with van der Waals surface area (Å²) >= 11 is 0. The van der Waals surface area contributed by atoms with Crippen molar-refractivity contribution in [2.45, 2.75) is 18.6 Å². The lowest BCUT2D eigenvalue weighted by molar-refractivity contribution is -0.139. The molecule has 11 heavy (non-hydrogen) atoms. The third kappa shape index (κ3) is 2.31. The van der Waals surface area contributed by atoms with E-state index in [2.05, 4.69) is 0 Å². The Labute approximate surface area is 67.3 Å². The quantitative estimate of drug-likeness (QED) is 0.660. The topological polar surface area (TPSA) is 78.2 Å². The Balaban J connectivity index is 4.45. The highest BCUT2D eigenvalue weighted by Gasteiger charge is 2.33. The van der Waals surface area contributed by atoms with E-state index in [0.717, 1.165) is 0 Å². The van der Waals surface area contributed by atoms with Crippen molar-refractivity contribution in [1.29, 1.82) is 5.26 Å². The summed E-state index contributed by atoms with van der Waals surface area (Å²) < 4.78 is 9.69. The van der Waals surface area contributed by atoms with Crippen molar-refractivity contribution in [3.63, 3.8) is 0 Å². The molecule has 1 N–H and O–H groups in total.